The van der Waals surface area contributed by atoms with Crippen molar-refractivity contribution in [2.45, 2.75) is 12.2 Å². The van der Waals surface area contributed by atoms with Crippen LogP contribution in [-0.2, 0) is 9.47 Å². The standard InChI is InChI=1S/C12H18N4O3/c1-18-9-6-16(7-10(9)19-2)12-8(11(13)15-17)4-3-5-14-12/h3-5,9-10,17H,6-7H2,1-2H3,(H2,13,15). The zero-order valence-electron chi connectivity index (χ0n) is 11.0. The second kappa shape index (κ2) is 5.85. The van der Waals surface area contributed by atoms with Crippen molar-refractivity contribution < 1.29 is 14.7 Å². The fourth-order valence-corrected chi connectivity index (χ4v) is 2.27. The molecule has 1 aliphatic heterocycles. The molecule has 0 spiro atoms. The number of nitrogens with zero attached hydrogens (tertiary/aromatic N) is 3. The summed E-state index contributed by atoms with van der Waals surface area (Å²) in [5.41, 5.74) is 6.26. The Hall–Kier alpha value is -1.86. The van der Waals surface area contributed by atoms with Gasteiger partial charge in [0.05, 0.1) is 5.56 Å². The third-order valence-corrected chi connectivity index (χ3v) is 3.29. The molecule has 1 fully saturated rings. The second-order valence-corrected chi connectivity index (χ2v) is 4.31. The van der Waals surface area contributed by atoms with Crippen LogP contribution in [0, 0.1) is 0 Å². The Bertz CT molecular complexity index is 454. The van der Waals surface area contributed by atoms with Crippen LogP contribution in [0.4, 0.5) is 5.82 Å². The number of nitrogens with two attached hydrogens (primary N) is 1. The van der Waals surface area contributed by atoms with E-state index in [4.69, 9.17) is 20.4 Å². The van der Waals surface area contributed by atoms with Crippen LogP contribution in [-0.4, -0.2) is 55.5 Å². The van der Waals surface area contributed by atoms with E-state index in [-0.39, 0.29) is 18.0 Å². The Kier molecular flexibility index (Phi) is 4.18. The Morgan fingerprint density at radius 3 is 2.58 bits per heavy atom. The predicted molar refractivity (Wildman–Crippen MR) is 70.6 cm³/mol. The normalized spacial score (nSPS) is 23.9. The number of hydrogen-bond donors (Lipinski definition) is 2. The molecule has 2 atom stereocenters. The SMILES string of the molecule is COC1CN(c2ncccc2/C(N)=N/O)CC1OC. The molecule has 3 N–H and O–H groups in total. The number of ether oxygens (including phenoxy) is 2. The van der Waals surface area contributed by atoms with Gasteiger partial charge in [0.15, 0.2) is 5.84 Å². The molecular formula is C12H18N4O3. The molecule has 0 amide bonds. The van der Waals surface area contributed by atoms with Crippen molar-refractivity contribution in [3.63, 3.8) is 0 Å². The minimum absolute atomic E-state index is 0.0212. The van der Waals surface area contributed by atoms with Crippen molar-refractivity contribution in [3.05, 3.63) is 23.9 Å². The summed E-state index contributed by atoms with van der Waals surface area (Å²) in [7, 11) is 3.31. The first-order valence-corrected chi connectivity index (χ1v) is 5.94. The molecule has 19 heavy (non-hydrogen) atoms. The monoisotopic (exact) mass is 266 g/mol. The van der Waals surface area contributed by atoms with E-state index in [2.05, 4.69) is 10.1 Å². The molecule has 1 aromatic heterocycles. The van der Waals surface area contributed by atoms with Gasteiger partial charge in [-0.25, -0.2) is 4.98 Å². The van der Waals surface area contributed by atoms with Crippen LogP contribution in [0.5, 0.6) is 0 Å². The van der Waals surface area contributed by atoms with Gasteiger partial charge in [-0.05, 0) is 12.1 Å². The quantitative estimate of drug-likeness (QED) is 0.345. The number of pyridine rings is 1. The van der Waals surface area contributed by atoms with E-state index in [9.17, 15) is 0 Å². The van der Waals surface area contributed by atoms with E-state index in [1.807, 2.05) is 4.90 Å². The maximum Gasteiger partial charge on any atom is 0.173 e. The molecule has 7 nitrogen and oxygen atoms in total. The van der Waals surface area contributed by atoms with Gasteiger partial charge in [-0.15, -0.1) is 0 Å². The molecule has 2 heterocycles. The predicted octanol–water partition coefficient (Wildman–Crippen LogP) is 0.0261. The summed E-state index contributed by atoms with van der Waals surface area (Å²) in [6, 6.07) is 3.51. The van der Waals surface area contributed by atoms with E-state index < -0.39 is 0 Å². The highest BCUT2D eigenvalue weighted by molar-refractivity contribution is 6.01. The maximum absolute atomic E-state index is 8.82. The largest absolute Gasteiger partial charge is 0.409 e. The summed E-state index contributed by atoms with van der Waals surface area (Å²) < 4.78 is 10.8. The summed E-state index contributed by atoms with van der Waals surface area (Å²) in [6.45, 7) is 1.30. The Labute approximate surface area is 111 Å². The van der Waals surface area contributed by atoms with Gasteiger partial charge in [-0.2, -0.15) is 0 Å². The van der Waals surface area contributed by atoms with Crippen LogP contribution in [0.1, 0.15) is 5.56 Å². The summed E-state index contributed by atoms with van der Waals surface area (Å²) in [5.74, 6) is 0.706. The van der Waals surface area contributed by atoms with Gasteiger partial charge < -0.3 is 25.3 Å². The first kappa shape index (κ1) is 13.6. The van der Waals surface area contributed by atoms with E-state index in [1.54, 1.807) is 32.5 Å². The number of rotatable bonds is 4. The Morgan fingerprint density at radius 2 is 2.05 bits per heavy atom. The summed E-state index contributed by atoms with van der Waals surface area (Å²) in [6.07, 6.45) is 1.63. The number of aromatic nitrogens is 1. The van der Waals surface area contributed by atoms with Crippen molar-refractivity contribution in [1.29, 1.82) is 0 Å². The second-order valence-electron chi connectivity index (χ2n) is 4.31. The summed E-state index contributed by atoms with van der Waals surface area (Å²) >= 11 is 0. The van der Waals surface area contributed by atoms with Gasteiger partial charge in [-0.1, -0.05) is 5.16 Å². The lowest BCUT2D eigenvalue weighted by Gasteiger charge is -2.19. The van der Waals surface area contributed by atoms with E-state index in [1.165, 1.54) is 0 Å². The van der Waals surface area contributed by atoms with Gasteiger partial charge in [0.25, 0.3) is 0 Å². The third-order valence-electron chi connectivity index (χ3n) is 3.29. The number of anilines is 1. The smallest absolute Gasteiger partial charge is 0.173 e. The molecule has 104 valence electrons. The number of oxime groups is 1. The molecule has 1 aromatic rings. The molecule has 0 aliphatic carbocycles. The van der Waals surface area contributed by atoms with Gasteiger partial charge in [0, 0.05) is 33.5 Å². The van der Waals surface area contributed by atoms with Crippen molar-refractivity contribution in [3.8, 4) is 0 Å². The van der Waals surface area contributed by atoms with Crippen LogP contribution < -0.4 is 10.6 Å². The molecule has 2 rings (SSSR count). The lowest BCUT2D eigenvalue weighted by molar-refractivity contribution is -0.00461. The zero-order chi connectivity index (χ0) is 13.8. The van der Waals surface area contributed by atoms with Gasteiger partial charge in [0.2, 0.25) is 0 Å². The topological polar surface area (TPSA) is 93.2 Å². The highest BCUT2D eigenvalue weighted by Crippen LogP contribution is 2.24. The molecule has 7 heteroatoms. The van der Waals surface area contributed by atoms with Crippen LogP contribution in [0.15, 0.2) is 23.5 Å². The van der Waals surface area contributed by atoms with E-state index in [0.29, 0.717) is 24.5 Å². The minimum Gasteiger partial charge on any atom is -0.409 e. The molecule has 2 unspecified atom stereocenters. The van der Waals surface area contributed by atoms with Crippen molar-refractivity contribution in [1.82, 2.24) is 4.98 Å². The van der Waals surface area contributed by atoms with Crippen LogP contribution in [0.25, 0.3) is 0 Å². The number of hydrogen-bond acceptors (Lipinski definition) is 6. The van der Waals surface area contributed by atoms with E-state index >= 15 is 0 Å². The number of amidine groups is 1. The average molecular weight is 266 g/mol. The molecular weight excluding hydrogens is 248 g/mol. The van der Waals surface area contributed by atoms with Gasteiger partial charge in [0.1, 0.15) is 18.0 Å². The van der Waals surface area contributed by atoms with Crippen LogP contribution in [0.2, 0.25) is 0 Å². The number of methoxy groups -OCH3 is 2. The molecule has 1 aliphatic rings. The van der Waals surface area contributed by atoms with Crippen LogP contribution >= 0.6 is 0 Å². The van der Waals surface area contributed by atoms with Crippen LogP contribution in [0.3, 0.4) is 0 Å². The van der Waals surface area contributed by atoms with Gasteiger partial charge in [-0.3, -0.25) is 0 Å². The summed E-state index contributed by atoms with van der Waals surface area (Å²) in [4.78, 5) is 6.32. The molecule has 0 aromatic carbocycles. The molecule has 1 saturated heterocycles. The fraction of sp³-hybridized carbons (Fsp3) is 0.500. The third kappa shape index (κ3) is 2.61. The fourth-order valence-electron chi connectivity index (χ4n) is 2.27. The highest BCUT2D eigenvalue weighted by atomic mass is 16.5. The molecule has 0 radical (unpaired) electrons. The first-order valence-electron chi connectivity index (χ1n) is 5.94. The lowest BCUT2D eigenvalue weighted by atomic mass is 10.2. The maximum atomic E-state index is 8.82. The Balaban J connectivity index is 2.28. The first-order chi connectivity index (χ1) is 9.21. The summed E-state index contributed by atoms with van der Waals surface area (Å²) in [5, 5.41) is 11.9. The lowest BCUT2D eigenvalue weighted by Crippen LogP contribution is -2.27. The Morgan fingerprint density at radius 1 is 1.42 bits per heavy atom. The van der Waals surface area contributed by atoms with Crippen molar-refractivity contribution >= 4 is 11.7 Å². The van der Waals surface area contributed by atoms with E-state index in [0.717, 1.165) is 0 Å². The molecule has 0 saturated carbocycles. The zero-order valence-corrected chi connectivity index (χ0v) is 11.0. The van der Waals surface area contributed by atoms with Gasteiger partial charge >= 0.3 is 0 Å². The van der Waals surface area contributed by atoms with Crippen molar-refractivity contribution in [2.24, 2.45) is 10.9 Å². The van der Waals surface area contributed by atoms with Crippen molar-refractivity contribution in [2.75, 3.05) is 32.2 Å². The highest BCUT2D eigenvalue weighted by Gasteiger charge is 2.34. The molecule has 0 bridgehead atoms. The minimum atomic E-state index is -0.0212. The average Bonchev–Trinajstić information content (AvgIpc) is 2.89.